The van der Waals surface area contributed by atoms with E-state index in [-0.39, 0.29) is 0 Å². The maximum absolute atomic E-state index is 6.31. The fraction of sp³-hybridized carbons (Fsp3) is 0.565. The average molecular weight is 397 g/mol. The zero-order chi connectivity index (χ0) is 20.9. The molecule has 0 N–H and O–H groups in total. The van der Waals surface area contributed by atoms with E-state index in [9.17, 15) is 0 Å². The van der Waals surface area contributed by atoms with E-state index in [1.807, 2.05) is 30.4 Å². The fourth-order valence-corrected chi connectivity index (χ4v) is 4.63. The highest BCUT2D eigenvalue weighted by molar-refractivity contribution is 5.69. The van der Waals surface area contributed by atoms with Crippen LogP contribution in [0.15, 0.2) is 16.5 Å². The first kappa shape index (κ1) is 20.0. The lowest BCUT2D eigenvalue weighted by Crippen LogP contribution is -2.46. The Bertz CT molecular complexity index is 1040. The van der Waals surface area contributed by atoms with E-state index in [1.165, 1.54) is 31.4 Å². The number of pyridine rings is 1. The van der Waals surface area contributed by atoms with Gasteiger partial charge >= 0.3 is 0 Å². The molecule has 29 heavy (non-hydrogen) atoms. The first-order chi connectivity index (χ1) is 13.7. The third-order valence-corrected chi connectivity index (χ3v) is 6.40. The van der Waals surface area contributed by atoms with Gasteiger partial charge in [-0.25, -0.2) is 4.98 Å². The highest BCUT2D eigenvalue weighted by Gasteiger charge is 2.42. The molecule has 3 aromatic rings. The summed E-state index contributed by atoms with van der Waals surface area (Å²) in [4.78, 5) is 6.78. The Morgan fingerprint density at radius 1 is 1.17 bits per heavy atom. The van der Waals surface area contributed by atoms with Crippen LogP contribution in [0.1, 0.15) is 48.9 Å². The summed E-state index contributed by atoms with van der Waals surface area (Å²) in [5.74, 6) is 1.85. The number of hydrogen-bond acceptors (Lipinski definition) is 4. The summed E-state index contributed by atoms with van der Waals surface area (Å²) in [6.07, 6.45) is 3.87. The van der Waals surface area contributed by atoms with Crippen LogP contribution in [0.3, 0.4) is 0 Å². The van der Waals surface area contributed by atoms with Crippen molar-refractivity contribution in [3.05, 3.63) is 34.8 Å². The molecule has 1 atom stereocenters. The summed E-state index contributed by atoms with van der Waals surface area (Å²) >= 11 is 0. The molecule has 6 heteroatoms. The zero-order valence-corrected chi connectivity index (χ0v) is 18.9. The molecule has 0 saturated heterocycles. The van der Waals surface area contributed by atoms with Gasteiger partial charge in [-0.2, -0.15) is 9.61 Å². The molecule has 0 bridgehead atoms. The van der Waals surface area contributed by atoms with E-state index in [0.717, 1.165) is 57.0 Å². The third-order valence-electron chi connectivity index (χ3n) is 6.40. The van der Waals surface area contributed by atoms with Gasteiger partial charge in [-0.15, -0.1) is 0 Å². The maximum Gasteiger partial charge on any atom is 0.231 e. The van der Waals surface area contributed by atoms with Crippen LogP contribution in [-0.2, 0) is 6.54 Å². The minimum absolute atomic E-state index is 0.782. The molecule has 156 valence electrons. The van der Waals surface area contributed by atoms with Gasteiger partial charge in [-0.05, 0) is 39.3 Å². The quantitative estimate of drug-likeness (QED) is 0.552. The van der Waals surface area contributed by atoms with E-state index < -0.39 is 0 Å². The number of fused-ring (bicyclic) bond motifs is 1. The second kappa shape index (κ2) is 7.17. The molecule has 4 rings (SSSR count). The smallest absolute Gasteiger partial charge is 0.231 e. The van der Waals surface area contributed by atoms with Gasteiger partial charge in [0.2, 0.25) is 5.71 Å². The largest absolute Gasteiger partial charge is 0.441 e. The minimum atomic E-state index is 0.782. The number of rotatable bonds is 7. The third kappa shape index (κ3) is 3.44. The van der Waals surface area contributed by atoms with Gasteiger partial charge in [0.25, 0.3) is 0 Å². The predicted molar refractivity (Wildman–Crippen MR) is 117 cm³/mol. The molecule has 0 amide bonds. The lowest BCUT2D eigenvalue weighted by molar-refractivity contribution is -0.933. The van der Waals surface area contributed by atoms with Crippen molar-refractivity contribution in [3.63, 3.8) is 0 Å². The Balaban J connectivity index is 1.79. The zero-order valence-electron chi connectivity index (χ0n) is 18.9. The molecule has 0 spiro atoms. The van der Waals surface area contributed by atoms with Crippen LogP contribution in [0.4, 0.5) is 5.82 Å². The summed E-state index contributed by atoms with van der Waals surface area (Å²) in [6.45, 7) is 10.7. The summed E-state index contributed by atoms with van der Waals surface area (Å²) in [6, 6.07) is 4.97. The van der Waals surface area contributed by atoms with Crippen molar-refractivity contribution in [1.29, 1.82) is 0 Å². The number of anilines is 1. The minimum Gasteiger partial charge on any atom is -0.441 e. The average Bonchev–Trinajstić information content (AvgIpc) is 3.42. The number of aryl methyl sites for hydroxylation is 3. The van der Waals surface area contributed by atoms with E-state index in [2.05, 4.69) is 40.0 Å². The van der Waals surface area contributed by atoms with E-state index in [1.54, 1.807) is 0 Å². The molecule has 1 aliphatic carbocycles. The molecule has 3 aromatic heterocycles. The van der Waals surface area contributed by atoms with Crippen molar-refractivity contribution in [1.82, 2.24) is 14.6 Å². The Hall–Kier alpha value is -2.34. The van der Waals surface area contributed by atoms with Gasteiger partial charge in [-0.3, -0.25) is 0 Å². The number of nitrogens with zero attached hydrogens (tertiary/aromatic N) is 5. The standard InChI is InChI=1S/C23H34N5O/c1-8-13-28(7,18-9-10-18)14-20-16(3)25-27-22(17(4)29-23(20)27)19-11-12-21(26(5)6)24-15(19)2/h11-12,18H,8-10,13-14H2,1-7H3/q+1. The van der Waals surface area contributed by atoms with E-state index >= 15 is 0 Å². The van der Waals surface area contributed by atoms with Gasteiger partial charge in [0.1, 0.15) is 23.8 Å². The molecule has 1 unspecified atom stereocenters. The molecule has 0 radical (unpaired) electrons. The number of oxazole rings is 1. The number of quaternary nitrogens is 1. The Morgan fingerprint density at radius 2 is 1.90 bits per heavy atom. The van der Waals surface area contributed by atoms with Crippen LogP contribution in [0.25, 0.3) is 17.0 Å². The second-order valence-corrected chi connectivity index (χ2v) is 9.08. The molecule has 6 nitrogen and oxygen atoms in total. The first-order valence-electron chi connectivity index (χ1n) is 10.7. The summed E-state index contributed by atoms with van der Waals surface area (Å²) in [5.41, 5.74) is 6.29. The molecular formula is C23H34N5O+. The molecular weight excluding hydrogens is 362 g/mol. The summed E-state index contributed by atoms with van der Waals surface area (Å²) in [5, 5.41) is 4.91. The molecule has 3 heterocycles. The lowest BCUT2D eigenvalue weighted by Gasteiger charge is -2.34. The van der Waals surface area contributed by atoms with Gasteiger partial charge in [0.15, 0.2) is 0 Å². The molecule has 0 aromatic carbocycles. The first-order valence-corrected chi connectivity index (χ1v) is 10.7. The Labute approximate surface area is 173 Å². The van der Waals surface area contributed by atoms with Crippen molar-refractivity contribution in [3.8, 4) is 11.3 Å². The van der Waals surface area contributed by atoms with Crippen LogP contribution >= 0.6 is 0 Å². The predicted octanol–water partition coefficient (Wildman–Crippen LogP) is 4.50. The molecule has 1 aliphatic rings. The molecule has 0 aliphatic heterocycles. The highest BCUT2D eigenvalue weighted by Crippen LogP contribution is 2.37. The van der Waals surface area contributed by atoms with Crippen molar-refractivity contribution in [2.24, 2.45) is 0 Å². The van der Waals surface area contributed by atoms with E-state index in [4.69, 9.17) is 14.5 Å². The molecule has 1 saturated carbocycles. The van der Waals surface area contributed by atoms with Gasteiger partial charge < -0.3 is 13.8 Å². The Morgan fingerprint density at radius 3 is 2.48 bits per heavy atom. The second-order valence-electron chi connectivity index (χ2n) is 9.08. The summed E-state index contributed by atoms with van der Waals surface area (Å²) in [7, 11) is 6.42. The van der Waals surface area contributed by atoms with Crippen LogP contribution in [-0.4, -0.2) is 52.8 Å². The van der Waals surface area contributed by atoms with Crippen LogP contribution in [0.5, 0.6) is 0 Å². The number of hydrogen-bond donors (Lipinski definition) is 0. The lowest BCUT2D eigenvalue weighted by atomic mass is 10.1. The SMILES string of the molecule is CCC[N+](C)(Cc1c(C)nn2c(-c3ccc(N(C)C)nc3C)c(C)oc12)C1CC1. The van der Waals surface area contributed by atoms with Crippen LogP contribution in [0, 0.1) is 20.8 Å². The van der Waals surface area contributed by atoms with Gasteiger partial charge in [0.05, 0.1) is 30.9 Å². The Kier molecular flexibility index (Phi) is 4.93. The van der Waals surface area contributed by atoms with Gasteiger partial charge in [-0.1, -0.05) is 6.92 Å². The van der Waals surface area contributed by atoms with Crippen LogP contribution in [0.2, 0.25) is 0 Å². The van der Waals surface area contributed by atoms with Crippen molar-refractivity contribution in [2.75, 3.05) is 32.6 Å². The van der Waals surface area contributed by atoms with Gasteiger partial charge in [0, 0.05) is 38.2 Å². The fourth-order valence-electron chi connectivity index (χ4n) is 4.63. The van der Waals surface area contributed by atoms with Crippen molar-refractivity contribution >= 4 is 11.5 Å². The maximum atomic E-state index is 6.31. The normalized spacial score (nSPS) is 16.4. The highest BCUT2D eigenvalue weighted by atomic mass is 16.4. The number of aromatic nitrogens is 3. The van der Waals surface area contributed by atoms with E-state index in [0.29, 0.717) is 0 Å². The summed E-state index contributed by atoms with van der Waals surface area (Å²) < 4.78 is 9.41. The molecule has 1 fully saturated rings. The van der Waals surface area contributed by atoms with Crippen molar-refractivity contribution < 1.29 is 8.90 Å². The van der Waals surface area contributed by atoms with Crippen LogP contribution < -0.4 is 4.90 Å². The van der Waals surface area contributed by atoms with Crippen molar-refractivity contribution in [2.45, 2.75) is 59.5 Å². The monoisotopic (exact) mass is 396 g/mol. The topological polar surface area (TPSA) is 46.6 Å².